The topological polar surface area (TPSA) is 91.8 Å². The minimum atomic E-state index is -4.41. The number of hydrogen-bond acceptors (Lipinski definition) is 4. The van der Waals surface area contributed by atoms with Crippen LogP contribution in [0.2, 0.25) is 0 Å². The number of nitrogens with zero attached hydrogens (tertiary/aromatic N) is 1. The van der Waals surface area contributed by atoms with Crippen molar-refractivity contribution in [3.05, 3.63) is 23.8 Å². The molecule has 0 bridgehead atoms. The van der Waals surface area contributed by atoms with Gasteiger partial charge in [0.25, 0.3) is 15.9 Å². The van der Waals surface area contributed by atoms with Crippen LogP contribution < -0.4 is 4.42 Å². The number of anilines is 1. The van der Waals surface area contributed by atoms with Crippen LogP contribution in [-0.4, -0.2) is 24.7 Å². The summed E-state index contributed by atoms with van der Waals surface area (Å²) in [6.07, 6.45) is 0. The average Bonchev–Trinajstić information content (AvgIpc) is 2.43. The largest absolute Gasteiger partial charge is 0.314 e. The number of Topliss-reactive ketones (excluding diaryl/α,β-unsaturated/α-hetero) is 1. The second kappa shape index (κ2) is 3.27. The molecule has 1 heterocycles. The fourth-order valence-electron chi connectivity index (χ4n) is 1.34. The van der Waals surface area contributed by atoms with Crippen LogP contribution in [0.4, 0.5) is 5.69 Å². The Bertz CT molecular complexity index is 609. The maximum absolute atomic E-state index is 11.3. The average molecular weight is 262 g/mol. The molecule has 84 valence electrons. The SMILES string of the molecule is O=C1C(=O)N(Cl)c2ccc(S(=O)(=O)O)cc21. The van der Waals surface area contributed by atoms with E-state index in [-0.39, 0.29) is 11.3 Å². The smallest absolute Gasteiger partial charge is 0.283 e. The van der Waals surface area contributed by atoms with Gasteiger partial charge < -0.3 is 0 Å². The third kappa shape index (κ3) is 1.49. The van der Waals surface area contributed by atoms with Crippen molar-refractivity contribution in [2.75, 3.05) is 4.42 Å². The van der Waals surface area contributed by atoms with E-state index in [4.69, 9.17) is 16.3 Å². The molecular weight excluding hydrogens is 258 g/mol. The first kappa shape index (κ1) is 11.1. The van der Waals surface area contributed by atoms with Gasteiger partial charge in [0.15, 0.2) is 0 Å². The van der Waals surface area contributed by atoms with Gasteiger partial charge in [0.05, 0.1) is 16.1 Å². The Hall–Kier alpha value is -1.44. The summed E-state index contributed by atoms with van der Waals surface area (Å²) in [6.45, 7) is 0. The molecule has 2 rings (SSSR count). The zero-order valence-electron chi connectivity index (χ0n) is 7.55. The van der Waals surface area contributed by atoms with Gasteiger partial charge in [-0.3, -0.25) is 14.1 Å². The van der Waals surface area contributed by atoms with Gasteiger partial charge in [-0.15, -0.1) is 0 Å². The highest BCUT2D eigenvalue weighted by Crippen LogP contribution is 2.32. The monoisotopic (exact) mass is 261 g/mol. The van der Waals surface area contributed by atoms with Crippen LogP contribution in [-0.2, 0) is 14.9 Å². The van der Waals surface area contributed by atoms with E-state index in [2.05, 4.69) is 0 Å². The van der Waals surface area contributed by atoms with E-state index in [1.165, 1.54) is 6.07 Å². The molecule has 0 fully saturated rings. The molecule has 0 spiro atoms. The summed E-state index contributed by atoms with van der Waals surface area (Å²) in [7, 11) is -4.41. The van der Waals surface area contributed by atoms with Gasteiger partial charge in [-0.05, 0) is 18.2 Å². The molecule has 0 aliphatic carbocycles. The Labute approximate surface area is 95.3 Å². The predicted molar refractivity (Wildman–Crippen MR) is 53.9 cm³/mol. The second-order valence-corrected chi connectivity index (χ2v) is 4.83. The lowest BCUT2D eigenvalue weighted by molar-refractivity contribution is -0.113. The zero-order valence-corrected chi connectivity index (χ0v) is 9.12. The fraction of sp³-hybridized carbons (Fsp3) is 0. The van der Waals surface area contributed by atoms with Gasteiger partial charge in [0.1, 0.15) is 0 Å². The highest BCUT2D eigenvalue weighted by molar-refractivity contribution is 7.85. The molecule has 1 amide bonds. The maximum Gasteiger partial charge on any atom is 0.314 e. The molecule has 1 aliphatic heterocycles. The Balaban J connectivity index is 2.67. The van der Waals surface area contributed by atoms with E-state index in [1.54, 1.807) is 0 Å². The molecule has 0 atom stereocenters. The van der Waals surface area contributed by atoms with Crippen LogP contribution in [0.15, 0.2) is 23.1 Å². The lowest BCUT2D eigenvalue weighted by Gasteiger charge is -2.04. The number of benzene rings is 1. The predicted octanol–water partition coefficient (Wildman–Crippen LogP) is 0.616. The first-order valence-electron chi connectivity index (χ1n) is 3.98. The Kier molecular flexibility index (Phi) is 2.26. The number of amides is 1. The lowest BCUT2D eigenvalue weighted by Crippen LogP contribution is -2.19. The normalized spacial score (nSPS) is 15.5. The molecule has 0 saturated heterocycles. The van der Waals surface area contributed by atoms with Gasteiger partial charge in [0, 0.05) is 11.8 Å². The molecule has 1 aromatic rings. The molecular formula is C8H4ClNO5S. The minimum absolute atomic E-state index is 0.101. The van der Waals surface area contributed by atoms with Crippen molar-refractivity contribution in [3.8, 4) is 0 Å². The van der Waals surface area contributed by atoms with Gasteiger partial charge in [-0.1, -0.05) is 0 Å². The first-order chi connectivity index (χ1) is 7.32. The van der Waals surface area contributed by atoms with Crippen molar-refractivity contribution >= 4 is 39.3 Å². The van der Waals surface area contributed by atoms with E-state index in [1.807, 2.05) is 0 Å². The quantitative estimate of drug-likeness (QED) is 0.454. The minimum Gasteiger partial charge on any atom is -0.283 e. The van der Waals surface area contributed by atoms with Crippen molar-refractivity contribution in [1.29, 1.82) is 0 Å². The lowest BCUT2D eigenvalue weighted by atomic mass is 10.1. The first-order valence-corrected chi connectivity index (χ1v) is 5.76. The van der Waals surface area contributed by atoms with E-state index < -0.39 is 26.7 Å². The van der Waals surface area contributed by atoms with Crippen molar-refractivity contribution in [3.63, 3.8) is 0 Å². The Morgan fingerprint density at radius 3 is 2.44 bits per heavy atom. The number of hydrogen-bond donors (Lipinski definition) is 1. The van der Waals surface area contributed by atoms with Crippen LogP contribution in [0.1, 0.15) is 10.4 Å². The summed E-state index contributed by atoms with van der Waals surface area (Å²) in [6, 6.07) is 3.14. The standard InChI is InChI=1S/C8H4ClNO5S/c9-10-6-2-1-4(16(13,14)15)3-5(6)7(11)8(10)12/h1-3H,(H,13,14,15). The summed E-state index contributed by atoms with van der Waals surface area (Å²) >= 11 is 5.51. The number of fused-ring (bicyclic) bond motifs is 1. The van der Waals surface area contributed by atoms with Gasteiger partial charge in [-0.25, -0.2) is 4.42 Å². The summed E-state index contributed by atoms with van der Waals surface area (Å²) in [5.41, 5.74) is -0.0424. The summed E-state index contributed by atoms with van der Waals surface area (Å²) in [5, 5.41) is 0. The third-order valence-electron chi connectivity index (χ3n) is 2.09. The molecule has 1 aliphatic rings. The van der Waals surface area contributed by atoms with Crippen LogP contribution in [0.3, 0.4) is 0 Å². The van der Waals surface area contributed by atoms with Crippen LogP contribution >= 0.6 is 11.8 Å². The van der Waals surface area contributed by atoms with E-state index >= 15 is 0 Å². The van der Waals surface area contributed by atoms with E-state index in [0.29, 0.717) is 4.42 Å². The number of halogens is 1. The summed E-state index contributed by atoms with van der Waals surface area (Å²) in [4.78, 5) is 22.0. The number of carbonyl (C=O) groups is 2. The van der Waals surface area contributed by atoms with Gasteiger partial charge in [-0.2, -0.15) is 8.42 Å². The van der Waals surface area contributed by atoms with Crippen molar-refractivity contribution < 1.29 is 22.6 Å². The van der Waals surface area contributed by atoms with Crippen LogP contribution in [0.25, 0.3) is 0 Å². The molecule has 0 unspecified atom stereocenters. The van der Waals surface area contributed by atoms with Crippen LogP contribution in [0.5, 0.6) is 0 Å². The molecule has 0 saturated carbocycles. The highest BCUT2D eigenvalue weighted by Gasteiger charge is 2.36. The van der Waals surface area contributed by atoms with Gasteiger partial charge >= 0.3 is 5.91 Å². The zero-order chi connectivity index (χ0) is 12.1. The van der Waals surface area contributed by atoms with E-state index in [9.17, 15) is 18.0 Å². The molecule has 16 heavy (non-hydrogen) atoms. The summed E-state index contributed by atoms with van der Waals surface area (Å²) < 4.78 is 31.0. The van der Waals surface area contributed by atoms with Crippen molar-refractivity contribution in [2.45, 2.75) is 4.90 Å². The van der Waals surface area contributed by atoms with Crippen molar-refractivity contribution in [1.82, 2.24) is 0 Å². The molecule has 1 N–H and O–H groups in total. The molecule has 0 aromatic heterocycles. The number of ketones is 1. The molecule has 1 aromatic carbocycles. The molecule has 6 nitrogen and oxygen atoms in total. The second-order valence-electron chi connectivity index (χ2n) is 3.07. The summed E-state index contributed by atoms with van der Waals surface area (Å²) in [5.74, 6) is -1.86. The molecule has 0 radical (unpaired) electrons. The Morgan fingerprint density at radius 1 is 1.25 bits per heavy atom. The van der Waals surface area contributed by atoms with Gasteiger partial charge in [0.2, 0.25) is 0 Å². The van der Waals surface area contributed by atoms with Crippen LogP contribution in [0, 0.1) is 0 Å². The molecule has 8 heteroatoms. The van der Waals surface area contributed by atoms with Crippen molar-refractivity contribution in [2.24, 2.45) is 0 Å². The Morgan fingerprint density at radius 2 is 1.88 bits per heavy atom. The highest BCUT2D eigenvalue weighted by atomic mass is 35.5. The maximum atomic E-state index is 11.3. The number of rotatable bonds is 1. The number of carbonyl (C=O) groups excluding carboxylic acids is 2. The van der Waals surface area contributed by atoms with E-state index in [0.717, 1.165) is 12.1 Å². The fourth-order valence-corrected chi connectivity index (χ4v) is 2.07. The third-order valence-corrected chi connectivity index (χ3v) is 3.28.